The van der Waals surface area contributed by atoms with Gasteiger partial charge >= 0.3 is 0 Å². The Bertz CT molecular complexity index is 544. The third kappa shape index (κ3) is 6.77. The van der Waals surface area contributed by atoms with Crippen LogP contribution in [0.15, 0.2) is 35.3 Å². The molecule has 0 bridgehead atoms. The number of rotatable bonds is 9. The molecule has 1 heterocycles. The Balaban J connectivity index is 1.68. The van der Waals surface area contributed by atoms with Crippen molar-refractivity contribution >= 4 is 11.9 Å². The summed E-state index contributed by atoms with van der Waals surface area (Å²) < 4.78 is 0. The number of nitrogens with one attached hydrogen (secondary N) is 2. The fourth-order valence-electron chi connectivity index (χ4n) is 3.16. The maximum absolute atomic E-state index is 12.2. The van der Waals surface area contributed by atoms with E-state index in [1.807, 2.05) is 23.1 Å². The van der Waals surface area contributed by atoms with E-state index >= 15 is 0 Å². The highest BCUT2D eigenvalue weighted by Gasteiger charge is 2.29. The van der Waals surface area contributed by atoms with Gasteiger partial charge in [-0.3, -0.25) is 9.79 Å². The van der Waals surface area contributed by atoms with Gasteiger partial charge in [0, 0.05) is 45.6 Å². The molecule has 0 aliphatic carbocycles. The summed E-state index contributed by atoms with van der Waals surface area (Å²) in [6.07, 6.45) is 5.17. The number of hydrogen-bond donors (Lipinski definition) is 2. The number of benzene rings is 1. The largest absolute Gasteiger partial charge is 0.356 e. The summed E-state index contributed by atoms with van der Waals surface area (Å²) in [5, 5.41) is 6.70. The Labute approximate surface area is 151 Å². The maximum Gasteiger partial charge on any atom is 0.223 e. The van der Waals surface area contributed by atoms with Crippen LogP contribution in [-0.4, -0.2) is 50.0 Å². The smallest absolute Gasteiger partial charge is 0.223 e. The van der Waals surface area contributed by atoms with Crippen molar-refractivity contribution in [1.29, 1.82) is 0 Å². The molecule has 0 saturated carbocycles. The second-order valence-corrected chi connectivity index (χ2v) is 6.73. The molecule has 1 unspecified atom stereocenters. The minimum absolute atomic E-state index is 0.272. The predicted molar refractivity (Wildman–Crippen MR) is 104 cm³/mol. The molecule has 1 saturated heterocycles. The molecular formula is C20H32N4O. The van der Waals surface area contributed by atoms with Gasteiger partial charge < -0.3 is 15.5 Å². The number of carbonyl (C=O) groups excluding carboxylic acids is 1. The number of nitrogens with zero attached hydrogens (tertiary/aromatic N) is 2. The summed E-state index contributed by atoms with van der Waals surface area (Å²) in [7, 11) is 1.79. The Kier molecular flexibility index (Phi) is 8.29. The molecular weight excluding hydrogens is 312 g/mol. The van der Waals surface area contributed by atoms with Crippen LogP contribution in [0.2, 0.25) is 0 Å². The Morgan fingerprint density at radius 1 is 1.24 bits per heavy atom. The van der Waals surface area contributed by atoms with Crippen LogP contribution < -0.4 is 10.6 Å². The van der Waals surface area contributed by atoms with Crippen LogP contribution in [0.25, 0.3) is 0 Å². The fraction of sp³-hybridized carbons (Fsp3) is 0.600. The number of aliphatic imine (C=N–C) groups is 1. The molecule has 2 rings (SSSR count). The van der Waals surface area contributed by atoms with Crippen LogP contribution in [0.5, 0.6) is 0 Å². The van der Waals surface area contributed by atoms with Gasteiger partial charge in [0.2, 0.25) is 5.91 Å². The molecule has 1 aliphatic heterocycles. The van der Waals surface area contributed by atoms with E-state index in [0.717, 1.165) is 45.0 Å². The molecule has 138 valence electrons. The van der Waals surface area contributed by atoms with Crippen molar-refractivity contribution in [3.63, 3.8) is 0 Å². The first kappa shape index (κ1) is 19.3. The van der Waals surface area contributed by atoms with Crippen LogP contribution in [0.3, 0.4) is 0 Å². The van der Waals surface area contributed by atoms with E-state index in [-0.39, 0.29) is 5.91 Å². The maximum atomic E-state index is 12.2. The van der Waals surface area contributed by atoms with Gasteiger partial charge in [-0.1, -0.05) is 50.1 Å². The zero-order valence-corrected chi connectivity index (χ0v) is 15.6. The molecule has 1 amide bonds. The van der Waals surface area contributed by atoms with Crippen molar-refractivity contribution < 1.29 is 4.79 Å². The van der Waals surface area contributed by atoms with E-state index < -0.39 is 0 Å². The van der Waals surface area contributed by atoms with Gasteiger partial charge in [-0.2, -0.15) is 0 Å². The highest BCUT2D eigenvalue weighted by atomic mass is 16.2. The summed E-state index contributed by atoms with van der Waals surface area (Å²) in [6, 6.07) is 10.4. The van der Waals surface area contributed by atoms with Gasteiger partial charge in [-0.15, -0.1) is 0 Å². The first-order valence-corrected chi connectivity index (χ1v) is 9.49. The van der Waals surface area contributed by atoms with Crippen molar-refractivity contribution in [3.8, 4) is 0 Å². The number of guanidine groups is 1. The third-order valence-electron chi connectivity index (χ3n) is 4.66. The topological polar surface area (TPSA) is 56.7 Å². The Morgan fingerprint density at radius 2 is 2.04 bits per heavy atom. The molecule has 5 heteroatoms. The van der Waals surface area contributed by atoms with Crippen molar-refractivity contribution in [3.05, 3.63) is 35.9 Å². The lowest BCUT2D eigenvalue weighted by Gasteiger charge is -2.18. The van der Waals surface area contributed by atoms with Crippen LogP contribution in [0.1, 0.15) is 38.2 Å². The SMILES string of the molecule is CCCCCNC(=NC)NCC1CC(=O)N(CCc2ccccc2)C1. The van der Waals surface area contributed by atoms with Gasteiger partial charge in [0.05, 0.1) is 0 Å². The van der Waals surface area contributed by atoms with E-state index in [4.69, 9.17) is 0 Å². The third-order valence-corrected chi connectivity index (χ3v) is 4.66. The molecule has 0 spiro atoms. The van der Waals surface area contributed by atoms with Crippen LogP contribution in [-0.2, 0) is 11.2 Å². The zero-order chi connectivity index (χ0) is 17.9. The first-order valence-electron chi connectivity index (χ1n) is 9.49. The van der Waals surface area contributed by atoms with E-state index in [2.05, 4.69) is 34.7 Å². The van der Waals surface area contributed by atoms with Gasteiger partial charge in [-0.05, 0) is 18.4 Å². The molecule has 1 atom stereocenters. The van der Waals surface area contributed by atoms with Crippen LogP contribution in [0, 0.1) is 5.92 Å². The summed E-state index contributed by atoms with van der Waals surface area (Å²) in [5.41, 5.74) is 1.29. The van der Waals surface area contributed by atoms with Gasteiger partial charge in [0.15, 0.2) is 5.96 Å². The van der Waals surface area contributed by atoms with Crippen molar-refractivity contribution in [2.75, 3.05) is 33.2 Å². The molecule has 0 radical (unpaired) electrons. The second-order valence-electron chi connectivity index (χ2n) is 6.73. The van der Waals surface area contributed by atoms with E-state index in [0.29, 0.717) is 12.3 Å². The number of amides is 1. The first-order chi connectivity index (χ1) is 12.2. The molecule has 5 nitrogen and oxygen atoms in total. The fourth-order valence-corrected chi connectivity index (χ4v) is 3.16. The Morgan fingerprint density at radius 3 is 2.76 bits per heavy atom. The van der Waals surface area contributed by atoms with Gasteiger partial charge in [0.25, 0.3) is 0 Å². The highest BCUT2D eigenvalue weighted by molar-refractivity contribution is 5.80. The lowest BCUT2D eigenvalue weighted by Crippen LogP contribution is -2.40. The minimum Gasteiger partial charge on any atom is -0.356 e. The van der Waals surface area contributed by atoms with Crippen LogP contribution >= 0.6 is 0 Å². The molecule has 0 aromatic heterocycles. The average Bonchev–Trinajstić information content (AvgIpc) is 3.00. The lowest BCUT2D eigenvalue weighted by molar-refractivity contribution is -0.127. The molecule has 1 aromatic rings. The summed E-state index contributed by atoms with van der Waals surface area (Å²) in [4.78, 5) is 18.5. The van der Waals surface area contributed by atoms with Gasteiger partial charge in [-0.25, -0.2) is 0 Å². The van der Waals surface area contributed by atoms with E-state index in [9.17, 15) is 4.79 Å². The second kappa shape index (κ2) is 10.7. The minimum atomic E-state index is 0.272. The normalized spacial score (nSPS) is 17.8. The summed E-state index contributed by atoms with van der Waals surface area (Å²) in [6.45, 7) is 5.59. The molecule has 1 aliphatic rings. The standard InChI is InChI=1S/C20H32N4O/c1-3-4-8-12-22-20(21-2)23-15-18-14-19(25)24(16-18)13-11-17-9-6-5-7-10-17/h5-7,9-10,18H,3-4,8,11-16H2,1-2H3,(H2,21,22,23). The van der Waals surface area contributed by atoms with E-state index in [1.54, 1.807) is 7.05 Å². The van der Waals surface area contributed by atoms with Crippen molar-refractivity contribution in [2.24, 2.45) is 10.9 Å². The monoisotopic (exact) mass is 344 g/mol. The molecule has 25 heavy (non-hydrogen) atoms. The van der Waals surface area contributed by atoms with Crippen molar-refractivity contribution in [1.82, 2.24) is 15.5 Å². The number of hydrogen-bond acceptors (Lipinski definition) is 2. The molecule has 1 fully saturated rings. The molecule has 1 aromatic carbocycles. The zero-order valence-electron chi connectivity index (χ0n) is 15.6. The van der Waals surface area contributed by atoms with Crippen molar-refractivity contribution in [2.45, 2.75) is 39.0 Å². The van der Waals surface area contributed by atoms with Crippen LogP contribution in [0.4, 0.5) is 0 Å². The summed E-state index contributed by atoms with van der Waals surface area (Å²) >= 11 is 0. The highest BCUT2D eigenvalue weighted by Crippen LogP contribution is 2.17. The number of carbonyl (C=O) groups is 1. The Hall–Kier alpha value is -2.04. The summed E-state index contributed by atoms with van der Waals surface area (Å²) in [5.74, 6) is 1.47. The number of likely N-dealkylation sites (tertiary alicyclic amines) is 1. The predicted octanol–water partition coefficient (Wildman–Crippen LogP) is 2.43. The quantitative estimate of drug-likeness (QED) is 0.411. The lowest BCUT2D eigenvalue weighted by atomic mass is 10.1. The average molecular weight is 345 g/mol. The van der Waals surface area contributed by atoms with Gasteiger partial charge in [0.1, 0.15) is 0 Å². The molecule has 2 N–H and O–H groups in total. The van der Waals surface area contributed by atoms with E-state index in [1.165, 1.54) is 18.4 Å². The number of unbranched alkanes of at least 4 members (excludes halogenated alkanes) is 2.